The molecule has 1 aromatic heterocycles. The monoisotopic (exact) mass is 329 g/mol. The first kappa shape index (κ1) is 16.5. The number of nitrogens with zero attached hydrogens (tertiary/aromatic N) is 3. The number of aryl methyl sites for hydroxylation is 1. The van der Waals surface area contributed by atoms with E-state index in [9.17, 15) is 4.79 Å². The van der Waals surface area contributed by atoms with Crippen LogP contribution in [0.1, 0.15) is 28.2 Å². The van der Waals surface area contributed by atoms with Crippen LogP contribution in [0.25, 0.3) is 0 Å². The smallest absolute Gasteiger partial charge is 0.276 e. The van der Waals surface area contributed by atoms with Crippen molar-refractivity contribution in [3.8, 4) is 5.75 Å². The molecule has 1 amide bonds. The van der Waals surface area contributed by atoms with E-state index >= 15 is 0 Å². The third kappa shape index (κ3) is 3.94. The summed E-state index contributed by atoms with van der Waals surface area (Å²) in [4.78, 5) is 16.7. The Labute approximate surface area is 142 Å². The molecule has 0 unspecified atom stereocenters. The quantitative estimate of drug-likeness (QED) is 0.862. The summed E-state index contributed by atoms with van der Waals surface area (Å²) in [5.74, 6) is 1.49. The summed E-state index contributed by atoms with van der Waals surface area (Å²) in [5.41, 5.74) is 1.65. The molecule has 3 rings (SSSR count). The van der Waals surface area contributed by atoms with Gasteiger partial charge >= 0.3 is 0 Å². The van der Waals surface area contributed by atoms with E-state index < -0.39 is 0 Å². The minimum absolute atomic E-state index is 0.0434. The molecule has 0 atom stereocenters. The van der Waals surface area contributed by atoms with Crippen molar-refractivity contribution in [1.82, 2.24) is 15.0 Å². The normalized spacial score (nSPS) is 16.0. The highest BCUT2D eigenvalue weighted by Crippen LogP contribution is 2.15. The number of hydrogen-bond donors (Lipinski definition) is 0. The summed E-state index contributed by atoms with van der Waals surface area (Å²) in [7, 11) is 1.67. The molecule has 0 radical (unpaired) electrons. The standard InChI is InChI=1S/C18H23N3O3/c1-14-12-17(19-24-14)18(22)21-9-3-8-20(10-11-21)13-15-4-6-16(23-2)7-5-15/h4-7,12H,3,8-11,13H2,1-2H3. The average molecular weight is 329 g/mol. The molecule has 1 fully saturated rings. The fourth-order valence-electron chi connectivity index (χ4n) is 2.95. The zero-order chi connectivity index (χ0) is 16.9. The molecule has 1 aromatic carbocycles. The van der Waals surface area contributed by atoms with Crippen molar-refractivity contribution in [3.05, 3.63) is 47.3 Å². The van der Waals surface area contributed by atoms with E-state index in [-0.39, 0.29) is 5.91 Å². The van der Waals surface area contributed by atoms with Crippen LogP contribution in [0.3, 0.4) is 0 Å². The minimum Gasteiger partial charge on any atom is -0.497 e. The van der Waals surface area contributed by atoms with Gasteiger partial charge in [-0.25, -0.2) is 0 Å². The van der Waals surface area contributed by atoms with Crippen molar-refractivity contribution >= 4 is 5.91 Å². The highest BCUT2D eigenvalue weighted by atomic mass is 16.5. The fraction of sp³-hybridized carbons (Fsp3) is 0.444. The van der Waals surface area contributed by atoms with Gasteiger partial charge in [-0.15, -0.1) is 0 Å². The molecular formula is C18H23N3O3. The van der Waals surface area contributed by atoms with E-state index in [0.717, 1.165) is 38.3 Å². The number of hydrogen-bond acceptors (Lipinski definition) is 5. The summed E-state index contributed by atoms with van der Waals surface area (Å²) < 4.78 is 10.2. The van der Waals surface area contributed by atoms with Crippen LogP contribution in [-0.2, 0) is 6.54 Å². The molecule has 128 valence electrons. The van der Waals surface area contributed by atoms with Gasteiger partial charge in [0.05, 0.1) is 7.11 Å². The molecule has 2 heterocycles. The molecule has 2 aromatic rings. The van der Waals surface area contributed by atoms with Crippen molar-refractivity contribution in [2.24, 2.45) is 0 Å². The van der Waals surface area contributed by atoms with Crippen LogP contribution in [0.4, 0.5) is 0 Å². The zero-order valence-electron chi connectivity index (χ0n) is 14.2. The van der Waals surface area contributed by atoms with Crippen LogP contribution in [-0.4, -0.2) is 54.2 Å². The van der Waals surface area contributed by atoms with E-state index in [2.05, 4.69) is 22.2 Å². The van der Waals surface area contributed by atoms with Crippen molar-refractivity contribution < 1.29 is 14.1 Å². The second-order valence-electron chi connectivity index (χ2n) is 6.09. The van der Waals surface area contributed by atoms with Gasteiger partial charge in [-0.05, 0) is 31.0 Å². The third-order valence-electron chi connectivity index (χ3n) is 4.29. The molecule has 24 heavy (non-hydrogen) atoms. The highest BCUT2D eigenvalue weighted by molar-refractivity contribution is 5.92. The Bertz CT molecular complexity index is 681. The van der Waals surface area contributed by atoms with Gasteiger partial charge in [-0.2, -0.15) is 0 Å². The Morgan fingerprint density at radius 3 is 2.67 bits per heavy atom. The zero-order valence-corrected chi connectivity index (χ0v) is 14.2. The Hall–Kier alpha value is -2.34. The van der Waals surface area contributed by atoms with E-state index in [1.165, 1.54) is 5.56 Å². The number of carbonyl (C=O) groups is 1. The largest absolute Gasteiger partial charge is 0.497 e. The number of ether oxygens (including phenoxy) is 1. The Morgan fingerprint density at radius 1 is 1.21 bits per heavy atom. The summed E-state index contributed by atoms with van der Waals surface area (Å²) >= 11 is 0. The molecule has 0 bridgehead atoms. The molecule has 0 aliphatic carbocycles. The van der Waals surface area contributed by atoms with Crippen LogP contribution in [0.2, 0.25) is 0 Å². The Kier molecular flexibility index (Phi) is 5.15. The molecule has 1 aliphatic rings. The van der Waals surface area contributed by atoms with E-state index in [4.69, 9.17) is 9.26 Å². The summed E-state index contributed by atoms with van der Waals surface area (Å²) in [6.45, 7) is 5.98. The molecule has 6 nitrogen and oxygen atoms in total. The second-order valence-corrected chi connectivity index (χ2v) is 6.09. The van der Waals surface area contributed by atoms with Gasteiger partial charge in [0.1, 0.15) is 11.5 Å². The third-order valence-corrected chi connectivity index (χ3v) is 4.29. The maximum Gasteiger partial charge on any atom is 0.276 e. The lowest BCUT2D eigenvalue weighted by Gasteiger charge is -2.21. The van der Waals surface area contributed by atoms with Gasteiger partial charge in [-0.1, -0.05) is 17.3 Å². The van der Waals surface area contributed by atoms with Gasteiger partial charge in [0.25, 0.3) is 5.91 Å². The molecule has 6 heteroatoms. The highest BCUT2D eigenvalue weighted by Gasteiger charge is 2.22. The first-order valence-corrected chi connectivity index (χ1v) is 8.23. The maximum atomic E-state index is 12.5. The van der Waals surface area contributed by atoms with Crippen LogP contribution in [0.5, 0.6) is 5.75 Å². The van der Waals surface area contributed by atoms with Gasteiger partial charge in [0.2, 0.25) is 0 Å². The molecule has 1 saturated heterocycles. The van der Waals surface area contributed by atoms with Gasteiger partial charge in [0, 0.05) is 38.8 Å². The van der Waals surface area contributed by atoms with Crippen molar-refractivity contribution in [2.45, 2.75) is 19.9 Å². The number of methoxy groups -OCH3 is 1. The molecular weight excluding hydrogens is 306 g/mol. The number of amides is 1. The fourth-order valence-corrected chi connectivity index (χ4v) is 2.95. The summed E-state index contributed by atoms with van der Waals surface area (Å²) in [6, 6.07) is 9.84. The van der Waals surface area contributed by atoms with Crippen LogP contribution < -0.4 is 4.74 Å². The average Bonchev–Trinajstić information content (AvgIpc) is 2.90. The Morgan fingerprint density at radius 2 is 2.00 bits per heavy atom. The lowest BCUT2D eigenvalue weighted by molar-refractivity contribution is 0.0750. The summed E-state index contributed by atoms with van der Waals surface area (Å²) in [6.07, 6.45) is 0.957. The SMILES string of the molecule is COc1ccc(CN2CCCN(C(=O)c3cc(C)on3)CC2)cc1. The lowest BCUT2D eigenvalue weighted by Crippen LogP contribution is -2.35. The van der Waals surface area contributed by atoms with Crippen molar-refractivity contribution in [3.63, 3.8) is 0 Å². The first-order chi connectivity index (χ1) is 11.7. The predicted molar refractivity (Wildman–Crippen MR) is 90.0 cm³/mol. The van der Waals surface area contributed by atoms with Crippen LogP contribution in [0.15, 0.2) is 34.9 Å². The second kappa shape index (κ2) is 7.49. The minimum atomic E-state index is -0.0434. The van der Waals surface area contributed by atoms with Crippen molar-refractivity contribution in [2.75, 3.05) is 33.3 Å². The molecule has 0 N–H and O–H groups in total. The van der Waals surface area contributed by atoms with E-state index in [1.807, 2.05) is 17.0 Å². The number of rotatable bonds is 4. The van der Waals surface area contributed by atoms with Crippen LogP contribution >= 0.6 is 0 Å². The molecule has 0 spiro atoms. The first-order valence-electron chi connectivity index (χ1n) is 8.23. The number of carbonyl (C=O) groups excluding carboxylic acids is 1. The summed E-state index contributed by atoms with van der Waals surface area (Å²) in [5, 5.41) is 3.83. The maximum absolute atomic E-state index is 12.5. The lowest BCUT2D eigenvalue weighted by atomic mass is 10.2. The topological polar surface area (TPSA) is 58.8 Å². The van der Waals surface area contributed by atoms with Crippen molar-refractivity contribution in [1.29, 1.82) is 0 Å². The van der Waals surface area contributed by atoms with Gasteiger partial charge in [0.15, 0.2) is 5.69 Å². The van der Waals surface area contributed by atoms with Crippen LogP contribution in [0, 0.1) is 6.92 Å². The van der Waals surface area contributed by atoms with Gasteiger partial charge in [-0.3, -0.25) is 9.69 Å². The Balaban J connectivity index is 1.57. The van der Waals surface area contributed by atoms with Gasteiger partial charge < -0.3 is 14.2 Å². The van der Waals surface area contributed by atoms with E-state index in [0.29, 0.717) is 18.0 Å². The van der Waals surface area contributed by atoms with E-state index in [1.54, 1.807) is 20.1 Å². The molecule has 0 saturated carbocycles. The number of aromatic nitrogens is 1. The predicted octanol–water partition coefficient (Wildman–Crippen LogP) is 2.34. The molecule has 1 aliphatic heterocycles. The number of benzene rings is 1.